The van der Waals surface area contributed by atoms with Gasteiger partial charge in [-0.1, -0.05) is 6.07 Å². The number of aromatic nitrogens is 2. The van der Waals surface area contributed by atoms with Crippen LogP contribution in [0.5, 0.6) is 17.4 Å². The number of rotatable bonds is 5. The molecule has 0 unspecified atom stereocenters. The van der Waals surface area contributed by atoms with Crippen molar-refractivity contribution in [3.05, 3.63) is 42.5 Å². The van der Waals surface area contributed by atoms with Gasteiger partial charge in [-0.05, 0) is 24.3 Å². The molecule has 0 bridgehead atoms. The molecule has 1 fully saturated rings. The van der Waals surface area contributed by atoms with E-state index in [1.54, 1.807) is 37.3 Å². The van der Waals surface area contributed by atoms with Gasteiger partial charge in [0.05, 0.1) is 32.4 Å². The molecule has 1 aliphatic rings. The molecule has 0 spiro atoms. The topological polar surface area (TPSA) is 89.1 Å². The van der Waals surface area contributed by atoms with Gasteiger partial charge in [-0.3, -0.25) is 5.32 Å². The lowest BCUT2D eigenvalue weighted by Gasteiger charge is -2.36. The number of carbonyl (C=O) groups is 1. The van der Waals surface area contributed by atoms with Crippen molar-refractivity contribution in [1.82, 2.24) is 14.9 Å². The van der Waals surface area contributed by atoms with Gasteiger partial charge in [0.25, 0.3) is 5.88 Å². The summed E-state index contributed by atoms with van der Waals surface area (Å²) in [5.74, 6) is 2.03. The first-order valence-corrected chi connectivity index (χ1v) is 9.96. The van der Waals surface area contributed by atoms with Crippen LogP contribution in [0.25, 0.3) is 11.0 Å². The van der Waals surface area contributed by atoms with Crippen LogP contribution >= 0.6 is 0 Å². The van der Waals surface area contributed by atoms with Gasteiger partial charge in [0.1, 0.15) is 11.5 Å². The number of methoxy groups -OCH3 is 3. The maximum atomic E-state index is 12.9. The fourth-order valence-electron chi connectivity index (χ4n) is 3.52. The molecule has 1 aliphatic heterocycles. The van der Waals surface area contributed by atoms with Gasteiger partial charge >= 0.3 is 6.03 Å². The number of hydrogen-bond donors (Lipinski definition) is 1. The van der Waals surface area contributed by atoms with Gasteiger partial charge in [0.2, 0.25) is 0 Å². The Morgan fingerprint density at radius 3 is 2.32 bits per heavy atom. The number of piperazine rings is 1. The molecule has 0 aliphatic carbocycles. The Hall–Kier alpha value is -3.75. The highest BCUT2D eigenvalue weighted by Gasteiger charge is 2.23. The van der Waals surface area contributed by atoms with Crippen LogP contribution < -0.4 is 24.4 Å². The highest BCUT2D eigenvalue weighted by Crippen LogP contribution is 2.26. The number of nitrogens with zero attached hydrogens (tertiary/aromatic N) is 4. The summed E-state index contributed by atoms with van der Waals surface area (Å²) in [4.78, 5) is 25.8. The second-order valence-corrected chi connectivity index (χ2v) is 7.04. The summed E-state index contributed by atoms with van der Waals surface area (Å²) in [6.45, 7) is 2.61. The SMILES string of the molecule is COc1cccc(N2CCN(C(=O)Nc3nc4cc(OC)ccc4nc3OC)CC2)c1. The van der Waals surface area contributed by atoms with E-state index in [1.807, 2.05) is 24.3 Å². The number of benzene rings is 2. The molecule has 3 aromatic rings. The number of anilines is 2. The zero-order valence-corrected chi connectivity index (χ0v) is 17.8. The van der Waals surface area contributed by atoms with Gasteiger partial charge in [0, 0.05) is 44.0 Å². The van der Waals surface area contributed by atoms with Crippen LogP contribution in [0.1, 0.15) is 0 Å². The molecular formula is C22H25N5O4. The van der Waals surface area contributed by atoms with E-state index < -0.39 is 0 Å². The lowest BCUT2D eigenvalue weighted by Crippen LogP contribution is -2.50. The van der Waals surface area contributed by atoms with Crippen LogP contribution in [0, 0.1) is 0 Å². The Balaban J connectivity index is 1.45. The Morgan fingerprint density at radius 2 is 1.61 bits per heavy atom. The fourth-order valence-corrected chi connectivity index (χ4v) is 3.52. The Kier molecular flexibility index (Phi) is 5.92. The molecule has 1 saturated heterocycles. The monoisotopic (exact) mass is 423 g/mol. The fraction of sp³-hybridized carbons (Fsp3) is 0.318. The quantitative estimate of drug-likeness (QED) is 0.675. The van der Waals surface area contributed by atoms with Gasteiger partial charge in [0.15, 0.2) is 5.82 Å². The Morgan fingerprint density at radius 1 is 0.871 bits per heavy atom. The molecule has 0 atom stereocenters. The number of ether oxygens (including phenoxy) is 3. The standard InChI is InChI=1S/C22H25N5O4/c1-29-16-6-4-5-15(13-16)26-9-11-27(12-10-26)22(28)25-20-21(31-3)24-18-8-7-17(30-2)14-19(18)23-20/h4-8,13-14H,9-12H2,1-3H3,(H,23,25,28). The highest BCUT2D eigenvalue weighted by molar-refractivity contribution is 5.91. The van der Waals surface area contributed by atoms with Crippen LogP contribution in [-0.4, -0.2) is 68.4 Å². The third-order valence-corrected chi connectivity index (χ3v) is 5.24. The van der Waals surface area contributed by atoms with Gasteiger partial charge in [-0.15, -0.1) is 0 Å². The van der Waals surface area contributed by atoms with Crippen molar-refractivity contribution in [2.24, 2.45) is 0 Å². The molecule has 0 radical (unpaired) electrons. The Bertz CT molecular complexity index is 1080. The van der Waals surface area contributed by atoms with Crippen LogP contribution in [0.15, 0.2) is 42.5 Å². The molecule has 2 amide bonds. The van der Waals surface area contributed by atoms with E-state index >= 15 is 0 Å². The number of amides is 2. The Labute approximate surface area is 180 Å². The molecule has 0 saturated carbocycles. The van der Waals surface area contributed by atoms with Crippen molar-refractivity contribution < 1.29 is 19.0 Å². The van der Waals surface area contributed by atoms with E-state index in [4.69, 9.17) is 14.2 Å². The predicted molar refractivity (Wildman–Crippen MR) is 118 cm³/mol. The zero-order chi connectivity index (χ0) is 21.8. The molecule has 2 aromatic carbocycles. The second kappa shape index (κ2) is 8.95. The number of hydrogen-bond acceptors (Lipinski definition) is 7. The molecule has 9 heteroatoms. The smallest absolute Gasteiger partial charge is 0.323 e. The second-order valence-electron chi connectivity index (χ2n) is 7.04. The average molecular weight is 423 g/mol. The van der Waals surface area contributed by atoms with Gasteiger partial charge in [-0.25, -0.2) is 14.8 Å². The molecule has 162 valence electrons. The maximum absolute atomic E-state index is 12.9. The van der Waals surface area contributed by atoms with Gasteiger partial charge < -0.3 is 24.0 Å². The van der Waals surface area contributed by atoms with E-state index in [-0.39, 0.29) is 17.7 Å². The average Bonchev–Trinajstić information content (AvgIpc) is 2.83. The molecule has 9 nitrogen and oxygen atoms in total. The van der Waals surface area contributed by atoms with Crippen molar-refractivity contribution in [1.29, 1.82) is 0 Å². The molecular weight excluding hydrogens is 398 g/mol. The molecule has 31 heavy (non-hydrogen) atoms. The minimum Gasteiger partial charge on any atom is -0.497 e. The van der Waals surface area contributed by atoms with Crippen LogP contribution in [0.3, 0.4) is 0 Å². The molecule has 1 aromatic heterocycles. The number of fused-ring (bicyclic) bond motifs is 1. The highest BCUT2D eigenvalue weighted by atomic mass is 16.5. The van der Waals surface area contributed by atoms with Crippen molar-refractivity contribution in [2.75, 3.05) is 57.7 Å². The third kappa shape index (κ3) is 4.40. The summed E-state index contributed by atoms with van der Waals surface area (Å²) in [6, 6.07) is 13.1. The van der Waals surface area contributed by atoms with E-state index in [0.29, 0.717) is 29.9 Å². The number of urea groups is 1. The van der Waals surface area contributed by atoms with E-state index in [1.165, 1.54) is 7.11 Å². The van der Waals surface area contributed by atoms with Crippen molar-refractivity contribution in [2.45, 2.75) is 0 Å². The summed E-state index contributed by atoms with van der Waals surface area (Å²) in [5, 5.41) is 2.84. The number of carbonyl (C=O) groups excluding carboxylic acids is 1. The number of nitrogens with one attached hydrogen (secondary N) is 1. The lowest BCUT2D eigenvalue weighted by molar-refractivity contribution is 0.208. The van der Waals surface area contributed by atoms with Crippen LogP contribution in [-0.2, 0) is 0 Å². The summed E-state index contributed by atoms with van der Waals surface area (Å²) in [6.07, 6.45) is 0. The van der Waals surface area contributed by atoms with E-state index in [9.17, 15) is 4.79 Å². The lowest BCUT2D eigenvalue weighted by atomic mass is 10.2. The zero-order valence-electron chi connectivity index (χ0n) is 17.8. The third-order valence-electron chi connectivity index (χ3n) is 5.24. The maximum Gasteiger partial charge on any atom is 0.323 e. The summed E-state index contributed by atoms with van der Waals surface area (Å²) in [5.41, 5.74) is 2.34. The molecule has 4 rings (SSSR count). The largest absolute Gasteiger partial charge is 0.497 e. The van der Waals surface area contributed by atoms with E-state index in [0.717, 1.165) is 24.5 Å². The minimum absolute atomic E-state index is 0.236. The normalized spacial score (nSPS) is 13.8. The minimum atomic E-state index is -0.236. The van der Waals surface area contributed by atoms with Crippen LogP contribution in [0.4, 0.5) is 16.3 Å². The van der Waals surface area contributed by atoms with Gasteiger partial charge in [-0.2, -0.15) is 0 Å². The summed E-state index contributed by atoms with van der Waals surface area (Å²) >= 11 is 0. The molecule has 2 heterocycles. The first-order valence-electron chi connectivity index (χ1n) is 9.96. The first-order chi connectivity index (χ1) is 15.1. The summed E-state index contributed by atoms with van der Waals surface area (Å²) < 4.78 is 15.9. The van der Waals surface area contributed by atoms with Crippen molar-refractivity contribution in [3.8, 4) is 17.4 Å². The summed E-state index contributed by atoms with van der Waals surface area (Å²) in [7, 11) is 4.75. The van der Waals surface area contributed by atoms with E-state index in [2.05, 4.69) is 20.2 Å². The first kappa shape index (κ1) is 20.5. The molecule has 1 N–H and O–H groups in total. The van der Waals surface area contributed by atoms with Crippen molar-refractivity contribution >= 4 is 28.6 Å². The van der Waals surface area contributed by atoms with Crippen LogP contribution in [0.2, 0.25) is 0 Å². The predicted octanol–water partition coefficient (Wildman–Crippen LogP) is 3.01. The van der Waals surface area contributed by atoms with Crippen molar-refractivity contribution in [3.63, 3.8) is 0 Å².